The third-order valence-electron chi connectivity index (χ3n) is 4.93. The van der Waals surface area contributed by atoms with E-state index in [0.717, 1.165) is 13.1 Å². The SMILES string of the molecule is CC(C)(C)OC(=O)C(CC1(Cc2ccccc2[N+](=O)[O-])CCNCC1)OC=O. The van der Waals surface area contributed by atoms with E-state index in [4.69, 9.17) is 9.47 Å². The number of carbonyl (C=O) groups is 2. The third-order valence-corrected chi connectivity index (χ3v) is 4.93. The summed E-state index contributed by atoms with van der Waals surface area (Å²) in [6, 6.07) is 6.63. The topological polar surface area (TPSA) is 108 Å². The molecule has 0 saturated carbocycles. The Hall–Kier alpha value is -2.48. The molecule has 1 saturated heterocycles. The Balaban J connectivity index is 2.29. The molecule has 1 N–H and O–H groups in total. The normalized spacial score (nSPS) is 17.4. The van der Waals surface area contributed by atoms with Gasteiger partial charge in [0.25, 0.3) is 12.2 Å². The van der Waals surface area contributed by atoms with Crippen LogP contribution in [0.5, 0.6) is 0 Å². The smallest absolute Gasteiger partial charge is 0.347 e. The van der Waals surface area contributed by atoms with Gasteiger partial charge in [0.1, 0.15) is 5.60 Å². The molecule has 8 heteroatoms. The molecule has 0 bridgehead atoms. The molecule has 2 rings (SSSR count). The zero-order valence-corrected chi connectivity index (χ0v) is 16.6. The number of hydrogen-bond donors (Lipinski definition) is 1. The summed E-state index contributed by atoms with van der Waals surface area (Å²) in [5, 5.41) is 14.7. The highest BCUT2D eigenvalue weighted by atomic mass is 16.6. The maximum Gasteiger partial charge on any atom is 0.347 e. The van der Waals surface area contributed by atoms with Gasteiger partial charge in [-0.2, -0.15) is 0 Å². The Morgan fingerprint density at radius 3 is 2.54 bits per heavy atom. The molecule has 1 aliphatic rings. The standard InChI is InChI=1S/C20H28N2O6/c1-19(2,3)28-18(24)17(27-14-23)13-20(8-10-21-11-9-20)12-15-6-4-5-7-16(15)22(25)26/h4-7,14,17,21H,8-13H2,1-3H3. The van der Waals surface area contributed by atoms with Gasteiger partial charge in [0.2, 0.25) is 0 Å². The van der Waals surface area contributed by atoms with E-state index in [0.29, 0.717) is 24.8 Å². The van der Waals surface area contributed by atoms with Crippen LogP contribution in [0.2, 0.25) is 0 Å². The molecule has 0 radical (unpaired) electrons. The van der Waals surface area contributed by atoms with Crippen LogP contribution in [-0.2, 0) is 25.5 Å². The lowest BCUT2D eigenvalue weighted by atomic mass is 9.70. The van der Waals surface area contributed by atoms with Crippen molar-refractivity contribution in [2.75, 3.05) is 13.1 Å². The van der Waals surface area contributed by atoms with E-state index in [1.165, 1.54) is 6.07 Å². The second-order valence-electron chi connectivity index (χ2n) is 8.27. The second kappa shape index (κ2) is 9.14. The highest BCUT2D eigenvalue weighted by Crippen LogP contribution is 2.40. The first-order valence-electron chi connectivity index (χ1n) is 9.41. The Kier molecular flexibility index (Phi) is 7.12. The highest BCUT2D eigenvalue weighted by molar-refractivity contribution is 5.76. The van der Waals surface area contributed by atoms with Crippen molar-refractivity contribution >= 4 is 18.1 Å². The molecule has 1 aromatic rings. The molecule has 0 aliphatic carbocycles. The number of rotatable bonds is 8. The molecule has 1 unspecified atom stereocenters. The van der Waals surface area contributed by atoms with E-state index in [1.54, 1.807) is 39.0 Å². The Morgan fingerprint density at radius 2 is 1.96 bits per heavy atom. The first kappa shape index (κ1) is 21.8. The molecule has 0 aromatic heterocycles. The highest BCUT2D eigenvalue weighted by Gasteiger charge is 2.40. The predicted molar refractivity (Wildman–Crippen MR) is 103 cm³/mol. The summed E-state index contributed by atoms with van der Waals surface area (Å²) in [6.07, 6.45) is 1.06. The minimum atomic E-state index is -1.04. The first-order chi connectivity index (χ1) is 13.2. The number of benzene rings is 1. The molecule has 1 atom stereocenters. The number of ether oxygens (including phenoxy) is 2. The molecule has 1 fully saturated rings. The van der Waals surface area contributed by atoms with Gasteiger partial charge in [-0.3, -0.25) is 14.9 Å². The molecular weight excluding hydrogens is 364 g/mol. The van der Waals surface area contributed by atoms with Gasteiger partial charge in [0.15, 0.2) is 6.10 Å². The van der Waals surface area contributed by atoms with Crippen molar-refractivity contribution in [2.45, 2.75) is 58.2 Å². The van der Waals surface area contributed by atoms with Gasteiger partial charge in [0, 0.05) is 18.1 Å². The molecular formula is C20H28N2O6. The molecule has 8 nitrogen and oxygen atoms in total. The molecule has 1 aromatic carbocycles. The lowest BCUT2D eigenvalue weighted by Gasteiger charge is -2.39. The van der Waals surface area contributed by atoms with E-state index >= 15 is 0 Å². The summed E-state index contributed by atoms with van der Waals surface area (Å²) in [5.74, 6) is -0.597. The van der Waals surface area contributed by atoms with E-state index < -0.39 is 28.0 Å². The maximum atomic E-state index is 12.6. The van der Waals surface area contributed by atoms with E-state index in [-0.39, 0.29) is 18.6 Å². The van der Waals surface area contributed by atoms with Gasteiger partial charge in [-0.05, 0) is 58.5 Å². The van der Waals surface area contributed by atoms with Crippen LogP contribution in [-0.4, -0.2) is 42.2 Å². The van der Waals surface area contributed by atoms with Crippen molar-refractivity contribution in [3.05, 3.63) is 39.9 Å². The number of esters is 1. The lowest BCUT2D eigenvalue weighted by Crippen LogP contribution is -2.44. The second-order valence-corrected chi connectivity index (χ2v) is 8.27. The van der Waals surface area contributed by atoms with Crippen LogP contribution in [0.15, 0.2) is 24.3 Å². The zero-order chi connectivity index (χ0) is 20.8. The van der Waals surface area contributed by atoms with Gasteiger partial charge >= 0.3 is 5.97 Å². The molecule has 28 heavy (non-hydrogen) atoms. The number of nitrogens with one attached hydrogen (secondary N) is 1. The van der Waals surface area contributed by atoms with Crippen LogP contribution in [0.1, 0.15) is 45.6 Å². The number of hydrogen-bond acceptors (Lipinski definition) is 7. The van der Waals surface area contributed by atoms with Crippen molar-refractivity contribution in [3.8, 4) is 0 Å². The van der Waals surface area contributed by atoms with Crippen molar-refractivity contribution < 1.29 is 24.0 Å². The fourth-order valence-corrected chi connectivity index (χ4v) is 3.67. The summed E-state index contributed by atoms with van der Waals surface area (Å²) in [6.45, 7) is 6.95. The van der Waals surface area contributed by atoms with Crippen LogP contribution in [0.25, 0.3) is 0 Å². The summed E-state index contributed by atoms with van der Waals surface area (Å²) < 4.78 is 10.5. The minimum Gasteiger partial charge on any atom is -0.457 e. The van der Waals surface area contributed by atoms with Gasteiger partial charge in [0.05, 0.1) is 4.92 Å². The first-order valence-corrected chi connectivity index (χ1v) is 9.41. The fraction of sp³-hybridized carbons (Fsp3) is 0.600. The van der Waals surface area contributed by atoms with E-state index in [9.17, 15) is 19.7 Å². The quantitative estimate of drug-likeness (QED) is 0.314. The van der Waals surface area contributed by atoms with Crippen molar-refractivity contribution in [2.24, 2.45) is 5.41 Å². The molecule has 1 aliphatic heterocycles. The van der Waals surface area contributed by atoms with E-state index in [2.05, 4.69) is 5.32 Å². The average molecular weight is 392 g/mol. The van der Waals surface area contributed by atoms with Crippen LogP contribution >= 0.6 is 0 Å². The van der Waals surface area contributed by atoms with Crippen LogP contribution in [0, 0.1) is 15.5 Å². The van der Waals surface area contributed by atoms with Gasteiger partial charge in [-0.15, -0.1) is 0 Å². The summed E-state index contributed by atoms with van der Waals surface area (Å²) >= 11 is 0. The van der Waals surface area contributed by atoms with Gasteiger partial charge in [-0.25, -0.2) is 4.79 Å². The number of carbonyl (C=O) groups excluding carboxylic acids is 2. The third kappa shape index (κ3) is 6.02. The number of piperidine rings is 1. The number of nitro benzene ring substituents is 1. The number of nitrogens with zero attached hydrogens (tertiary/aromatic N) is 1. The molecule has 0 spiro atoms. The average Bonchev–Trinajstić information content (AvgIpc) is 2.61. The van der Waals surface area contributed by atoms with Gasteiger partial charge < -0.3 is 14.8 Å². The summed E-state index contributed by atoms with van der Waals surface area (Å²) in [7, 11) is 0. The molecule has 154 valence electrons. The summed E-state index contributed by atoms with van der Waals surface area (Å²) in [5.41, 5.74) is -0.447. The number of para-hydroxylation sites is 1. The van der Waals surface area contributed by atoms with Crippen molar-refractivity contribution in [3.63, 3.8) is 0 Å². The summed E-state index contributed by atoms with van der Waals surface area (Å²) in [4.78, 5) is 34.6. The van der Waals surface area contributed by atoms with Crippen LogP contribution < -0.4 is 5.32 Å². The van der Waals surface area contributed by atoms with Crippen molar-refractivity contribution in [1.82, 2.24) is 5.32 Å². The van der Waals surface area contributed by atoms with E-state index in [1.807, 2.05) is 0 Å². The van der Waals surface area contributed by atoms with Crippen LogP contribution in [0.3, 0.4) is 0 Å². The maximum absolute atomic E-state index is 12.6. The van der Waals surface area contributed by atoms with Crippen molar-refractivity contribution in [1.29, 1.82) is 0 Å². The minimum absolute atomic E-state index is 0.0607. The lowest BCUT2D eigenvalue weighted by molar-refractivity contribution is -0.385. The Labute approximate surface area is 164 Å². The largest absolute Gasteiger partial charge is 0.457 e. The zero-order valence-electron chi connectivity index (χ0n) is 16.6. The fourth-order valence-electron chi connectivity index (χ4n) is 3.67. The number of nitro groups is 1. The van der Waals surface area contributed by atoms with Crippen LogP contribution in [0.4, 0.5) is 5.69 Å². The molecule has 1 heterocycles. The molecule has 0 amide bonds. The van der Waals surface area contributed by atoms with Gasteiger partial charge in [-0.1, -0.05) is 18.2 Å². The predicted octanol–water partition coefficient (Wildman–Crippen LogP) is 2.78. The Bertz CT molecular complexity index is 707. The monoisotopic (exact) mass is 392 g/mol. The Morgan fingerprint density at radius 1 is 1.32 bits per heavy atom.